The van der Waals surface area contributed by atoms with Gasteiger partial charge in [-0.15, -0.1) is 0 Å². The Labute approximate surface area is 136 Å². The first-order valence-electron chi connectivity index (χ1n) is 8.58. The van der Waals surface area contributed by atoms with Crippen LogP contribution in [0.2, 0.25) is 0 Å². The van der Waals surface area contributed by atoms with E-state index in [1.54, 1.807) is 0 Å². The van der Waals surface area contributed by atoms with Gasteiger partial charge in [0.25, 0.3) is 0 Å². The highest BCUT2D eigenvalue weighted by Crippen LogP contribution is 2.36. The van der Waals surface area contributed by atoms with Crippen molar-refractivity contribution in [1.29, 1.82) is 0 Å². The fourth-order valence-corrected chi connectivity index (χ4v) is 3.66. The maximum Gasteiger partial charge on any atom is 0.173 e. The first-order valence-corrected chi connectivity index (χ1v) is 8.58. The molecule has 9 atom stereocenters. The summed E-state index contributed by atoms with van der Waals surface area (Å²) in [4.78, 5) is 0. The summed E-state index contributed by atoms with van der Waals surface area (Å²) in [6.45, 7) is 0. The SMILES string of the molecule is N[C@@H]1C[C@H](N)[C@@H](O[C@H]2O[C@H]([C@H](N)C3CC3)CC[C@@H]2N)[C@H](O)[C@H]1O. The van der Waals surface area contributed by atoms with Gasteiger partial charge in [-0.05, 0) is 38.0 Å². The van der Waals surface area contributed by atoms with E-state index < -0.39 is 36.7 Å². The van der Waals surface area contributed by atoms with Crippen LogP contribution in [-0.4, -0.2) is 65.1 Å². The van der Waals surface area contributed by atoms with Crippen LogP contribution >= 0.6 is 0 Å². The van der Waals surface area contributed by atoms with Gasteiger partial charge in [0, 0.05) is 18.1 Å². The number of rotatable bonds is 4. The molecule has 0 aromatic heterocycles. The highest BCUT2D eigenvalue weighted by Gasteiger charge is 2.45. The molecule has 0 aromatic rings. The molecule has 1 saturated heterocycles. The maximum atomic E-state index is 10.2. The van der Waals surface area contributed by atoms with Crippen molar-refractivity contribution in [2.24, 2.45) is 28.9 Å². The third kappa shape index (κ3) is 3.69. The summed E-state index contributed by atoms with van der Waals surface area (Å²) in [5.74, 6) is 0.525. The first kappa shape index (κ1) is 17.5. The van der Waals surface area contributed by atoms with Crippen LogP contribution in [-0.2, 0) is 9.47 Å². The van der Waals surface area contributed by atoms with Crippen LogP contribution in [0.5, 0.6) is 0 Å². The molecule has 0 aromatic carbocycles. The molecule has 0 bridgehead atoms. The normalized spacial score (nSPS) is 49.8. The topological polar surface area (TPSA) is 163 Å². The molecule has 0 amide bonds. The smallest absolute Gasteiger partial charge is 0.173 e. The lowest BCUT2D eigenvalue weighted by atomic mass is 9.84. The molecule has 2 aliphatic carbocycles. The third-order valence-corrected chi connectivity index (χ3v) is 5.42. The van der Waals surface area contributed by atoms with Gasteiger partial charge in [0.1, 0.15) is 12.2 Å². The van der Waals surface area contributed by atoms with Gasteiger partial charge in [-0.1, -0.05) is 0 Å². The second kappa shape index (κ2) is 6.89. The van der Waals surface area contributed by atoms with Gasteiger partial charge < -0.3 is 42.6 Å². The molecular formula is C15H30N4O4. The molecule has 1 heterocycles. The molecule has 3 aliphatic rings. The Bertz CT molecular complexity index is 411. The van der Waals surface area contributed by atoms with E-state index in [2.05, 4.69) is 0 Å². The van der Waals surface area contributed by atoms with E-state index in [9.17, 15) is 10.2 Å². The Morgan fingerprint density at radius 1 is 0.913 bits per heavy atom. The number of aliphatic hydroxyl groups is 2. The minimum atomic E-state index is -1.15. The highest BCUT2D eigenvalue weighted by molar-refractivity contribution is 4.98. The van der Waals surface area contributed by atoms with Crippen molar-refractivity contribution in [3.8, 4) is 0 Å². The summed E-state index contributed by atoms with van der Waals surface area (Å²) >= 11 is 0. The largest absolute Gasteiger partial charge is 0.389 e. The number of nitrogens with two attached hydrogens (primary N) is 4. The molecule has 134 valence electrons. The number of hydrogen-bond donors (Lipinski definition) is 6. The Morgan fingerprint density at radius 2 is 1.61 bits per heavy atom. The van der Waals surface area contributed by atoms with E-state index in [-0.39, 0.29) is 18.2 Å². The zero-order valence-electron chi connectivity index (χ0n) is 13.3. The van der Waals surface area contributed by atoms with Crippen LogP contribution in [0.25, 0.3) is 0 Å². The molecule has 0 unspecified atom stereocenters. The standard InChI is InChI=1S/C15H30N4O4/c16-7-3-4-10(11(19)6-1-2-6)22-15(7)23-14-9(18)5-8(17)12(20)13(14)21/h6-15,20-21H,1-5,16-19H2/t7-,8+,9-,10-,11+,12-,13+,14+,15+/m0/s1. The summed E-state index contributed by atoms with van der Waals surface area (Å²) in [7, 11) is 0. The Balaban J connectivity index is 1.62. The van der Waals surface area contributed by atoms with Crippen molar-refractivity contribution in [2.75, 3.05) is 0 Å². The minimum Gasteiger partial charge on any atom is -0.389 e. The van der Waals surface area contributed by atoms with Crippen molar-refractivity contribution in [3.63, 3.8) is 0 Å². The van der Waals surface area contributed by atoms with E-state index in [0.29, 0.717) is 12.3 Å². The second-order valence-electron chi connectivity index (χ2n) is 7.34. The monoisotopic (exact) mass is 330 g/mol. The molecule has 8 nitrogen and oxygen atoms in total. The van der Waals surface area contributed by atoms with Crippen molar-refractivity contribution in [2.45, 2.75) is 87.0 Å². The number of ether oxygens (including phenoxy) is 2. The van der Waals surface area contributed by atoms with E-state index in [1.165, 1.54) is 0 Å². The van der Waals surface area contributed by atoms with Gasteiger partial charge in [-0.25, -0.2) is 0 Å². The number of hydrogen-bond acceptors (Lipinski definition) is 8. The predicted molar refractivity (Wildman–Crippen MR) is 84.0 cm³/mol. The van der Waals surface area contributed by atoms with Gasteiger partial charge in [0.2, 0.25) is 0 Å². The summed E-state index contributed by atoms with van der Waals surface area (Å²) in [6, 6.07) is -1.34. The second-order valence-corrected chi connectivity index (χ2v) is 7.34. The summed E-state index contributed by atoms with van der Waals surface area (Å²) < 4.78 is 11.8. The van der Waals surface area contributed by atoms with E-state index in [4.69, 9.17) is 32.4 Å². The van der Waals surface area contributed by atoms with Crippen LogP contribution in [0, 0.1) is 5.92 Å². The lowest BCUT2D eigenvalue weighted by Crippen LogP contribution is -2.64. The average Bonchev–Trinajstić information content (AvgIpc) is 3.35. The van der Waals surface area contributed by atoms with Crippen molar-refractivity contribution in [1.82, 2.24) is 0 Å². The zero-order valence-corrected chi connectivity index (χ0v) is 13.3. The van der Waals surface area contributed by atoms with Crippen LogP contribution in [0.15, 0.2) is 0 Å². The van der Waals surface area contributed by atoms with Gasteiger partial charge >= 0.3 is 0 Å². The van der Waals surface area contributed by atoms with Crippen molar-refractivity contribution in [3.05, 3.63) is 0 Å². The predicted octanol–water partition coefficient (Wildman–Crippen LogP) is -2.28. The molecule has 8 heteroatoms. The lowest BCUT2D eigenvalue weighted by molar-refractivity contribution is -0.256. The van der Waals surface area contributed by atoms with Gasteiger partial charge in [-0.2, -0.15) is 0 Å². The molecule has 23 heavy (non-hydrogen) atoms. The lowest BCUT2D eigenvalue weighted by Gasteiger charge is -2.44. The van der Waals surface area contributed by atoms with Crippen LogP contribution in [0.3, 0.4) is 0 Å². The maximum absolute atomic E-state index is 10.2. The molecule has 2 saturated carbocycles. The number of aliphatic hydroxyl groups excluding tert-OH is 2. The fourth-order valence-electron chi connectivity index (χ4n) is 3.66. The highest BCUT2D eigenvalue weighted by atomic mass is 16.7. The van der Waals surface area contributed by atoms with Crippen LogP contribution in [0.1, 0.15) is 32.1 Å². The molecule has 3 rings (SSSR count). The first-order chi connectivity index (χ1) is 10.9. The van der Waals surface area contributed by atoms with Crippen molar-refractivity contribution < 1.29 is 19.7 Å². The zero-order chi connectivity index (χ0) is 16.7. The van der Waals surface area contributed by atoms with Crippen LogP contribution in [0.4, 0.5) is 0 Å². The Morgan fingerprint density at radius 3 is 2.26 bits per heavy atom. The molecule has 3 fully saturated rings. The van der Waals surface area contributed by atoms with Crippen molar-refractivity contribution >= 4 is 0 Å². The quantitative estimate of drug-likeness (QED) is 0.336. The van der Waals surface area contributed by atoms with Gasteiger partial charge in [-0.3, -0.25) is 0 Å². The van der Waals surface area contributed by atoms with Gasteiger partial charge in [0.15, 0.2) is 6.29 Å². The van der Waals surface area contributed by atoms with Gasteiger partial charge in [0.05, 0.1) is 18.2 Å². The molecule has 1 aliphatic heterocycles. The van der Waals surface area contributed by atoms with E-state index in [0.717, 1.165) is 25.7 Å². The van der Waals surface area contributed by atoms with Crippen LogP contribution < -0.4 is 22.9 Å². The minimum absolute atomic E-state index is 0.00225. The fraction of sp³-hybridized carbons (Fsp3) is 1.00. The van der Waals surface area contributed by atoms with E-state index >= 15 is 0 Å². The third-order valence-electron chi connectivity index (χ3n) is 5.42. The Kier molecular flexibility index (Phi) is 5.24. The van der Waals surface area contributed by atoms with E-state index in [1.807, 2.05) is 0 Å². The average molecular weight is 330 g/mol. The molecule has 10 N–H and O–H groups in total. The summed E-state index contributed by atoms with van der Waals surface area (Å²) in [5.41, 5.74) is 24.1. The molecular weight excluding hydrogens is 300 g/mol. The molecule has 0 radical (unpaired) electrons. The molecule has 0 spiro atoms. The summed E-state index contributed by atoms with van der Waals surface area (Å²) in [6.07, 6.45) is 0.492. The Hall–Kier alpha value is -0.320. The summed E-state index contributed by atoms with van der Waals surface area (Å²) in [5, 5.41) is 20.2.